The number of hydrogen-bond donors (Lipinski definition) is 1. The smallest absolute Gasteiger partial charge is 0.254 e. The normalized spacial score (nSPS) is 11.1. The number of carbonyl (C=O) groups is 1. The third-order valence-corrected chi connectivity index (χ3v) is 4.54. The van der Waals surface area contributed by atoms with E-state index in [9.17, 15) is 9.18 Å². The van der Waals surface area contributed by atoms with E-state index in [0.29, 0.717) is 6.54 Å². The minimum absolute atomic E-state index is 0.0611. The predicted molar refractivity (Wildman–Crippen MR) is 98.1 cm³/mol. The molecule has 2 nitrogen and oxygen atoms in total. The summed E-state index contributed by atoms with van der Waals surface area (Å²) in [5.41, 5.74) is 1.83. The van der Waals surface area contributed by atoms with E-state index < -0.39 is 17.1 Å². The second-order valence-corrected chi connectivity index (χ2v) is 6.23. The Hall–Kier alpha value is -2.94. The van der Waals surface area contributed by atoms with Crippen molar-refractivity contribution >= 4 is 5.91 Å². The lowest BCUT2D eigenvalue weighted by Gasteiger charge is -2.31. The van der Waals surface area contributed by atoms with E-state index in [1.165, 1.54) is 12.1 Å². The van der Waals surface area contributed by atoms with Crippen LogP contribution in [0.2, 0.25) is 0 Å². The van der Waals surface area contributed by atoms with Crippen molar-refractivity contribution in [3.8, 4) is 0 Å². The van der Waals surface area contributed by atoms with Gasteiger partial charge in [-0.3, -0.25) is 4.79 Å². The maximum atomic E-state index is 13.8. The van der Waals surface area contributed by atoms with Gasteiger partial charge in [0.15, 0.2) is 0 Å². The Labute approximate surface area is 147 Å². The molecule has 3 heteroatoms. The summed E-state index contributed by atoms with van der Waals surface area (Å²) in [5, 5.41) is 2.90. The van der Waals surface area contributed by atoms with Gasteiger partial charge in [-0.05, 0) is 30.2 Å². The molecule has 0 fully saturated rings. The van der Waals surface area contributed by atoms with E-state index in [0.717, 1.165) is 11.1 Å². The Morgan fingerprint density at radius 1 is 0.840 bits per heavy atom. The summed E-state index contributed by atoms with van der Waals surface area (Å²) in [4.78, 5) is 12.4. The van der Waals surface area contributed by atoms with Crippen molar-refractivity contribution in [2.75, 3.05) is 6.54 Å². The molecule has 25 heavy (non-hydrogen) atoms. The molecule has 0 aliphatic carbocycles. The van der Waals surface area contributed by atoms with Gasteiger partial charge < -0.3 is 5.32 Å². The van der Waals surface area contributed by atoms with Crippen molar-refractivity contribution < 1.29 is 9.18 Å². The highest BCUT2D eigenvalue weighted by Crippen LogP contribution is 2.31. The Morgan fingerprint density at radius 3 is 1.84 bits per heavy atom. The minimum Gasteiger partial charge on any atom is -0.351 e. The molecule has 0 atom stereocenters. The van der Waals surface area contributed by atoms with Crippen LogP contribution in [0.25, 0.3) is 0 Å². The molecule has 0 saturated carbocycles. The minimum atomic E-state index is -0.513. The van der Waals surface area contributed by atoms with Crippen molar-refractivity contribution in [3.05, 3.63) is 107 Å². The summed E-state index contributed by atoms with van der Waals surface area (Å²) >= 11 is 0. The van der Waals surface area contributed by atoms with Crippen molar-refractivity contribution in [2.45, 2.75) is 12.3 Å². The number of benzene rings is 3. The average Bonchev–Trinajstić information content (AvgIpc) is 2.67. The van der Waals surface area contributed by atoms with E-state index in [1.807, 2.05) is 60.7 Å². The van der Waals surface area contributed by atoms with Gasteiger partial charge in [0.25, 0.3) is 5.91 Å². The van der Waals surface area contributed by atoms with Crippen LogP contribution >= 0.6 is 0 Å². The molecule has 0 heterocycles. The van der Waals surface area contributed by atoms with Crippen LogP contribution in [0.4, 0.5) is 4.39 Å². The molecular weight excluding hydrogens is 313 g/mol. The molecule has 0 aliphatic heterocycles. The quantitative estimate of drug-likeness (QED) is 0.728. The van der Waals surface area contributed by atoms with Gasteiger partial charge >= 0.3 is 0 Å². The van der Waals surface area contributed by atoms with E-state index in [1.54, 1.807) is 12.1 Å². The summed E-state index contributed by atoms with van der Waals surface area (Å²) in [7, 11) is 0. The molecule has 1 amide bonds. The highest BCUT2D eigenvalue weighted by molar-refractivity contribution is 5.94. The SMILES string of the molecule is CC(CNC(=O)c1ccccc1F)(c1ccccc1)c1ccccc1. The van der Waals surface area contributed by atoms with Gasteiger partial charge in [0, 0.05) is 12.0 Å². The Balaban J connectivity index is 1.89. The van der Waals surface area contributed by atoms with Gasteiger partial charge in [-0.1, -0.05) is 72.8 Å². The summed E-state index contributed by atoms with van der Waals surface area (Å²) in [6.07, 6.45) is 0. The number of rotatable bonds is 5. The molecule has 3 aromatic rings. The van der Waals surface area contributed by atoms with Gasteiger partial charge in [0.1, 0.15) is 5.82 Å². The zero-order chi connectivity index (χ0) is 17.7. The fourth-order valence-electron chi connectivity index (χ4n) is 2.98. The molecule has 1 N–H and O–H groups in total. The fraction of sp³-hybridized carbons (Fsp3) is 0.136. The maximum Gasteiger partial charge on any atom is 0.254 e. The lowest BCUT2D eigenvalue weighted by Crippen LogP contribution is -2.39. The molecule has 0 aromatic heterocycles. The molecular formula is C22H20FNO. The van der Waals surface area contributed by atoms with Crippen LogP contribution in [0.15, 0.2) is 84.9 Å². The van der Waals surface area contributed by atoms with Crippen molar-refractivity contribution in [1.29, 1.82) is 0 Å². The molecule has 0 bridgehead atoms. The van der Waals surface area contributed by atoms with Crippen molar-refractivity contribution in [3.63, 3.8) is 0 Å². The first-order valence-corrected chi connectivity index (χ1v) is 8.25. The van der Waals surface area contributed by atoms with E-state index in [2.05, 4.69) is 12.2 Å². The monoisotopic (exact) mass is 333 g/mol. The second-order valence-electron chi connectivity index (χ2n) is 6.23. The first-order valence-electron chi connectivity index (χ1n) is 8.25. The Bertz CT molecular complexity index is 807. The van der Waals surface area contributed by atoms with Crippen LogP contribution < -0.4 is 5.32 Å². The lowest BCUT2D eigenvalue weighted by molar-refractivity contribution is 0.0943. The van der Waals surface area contributed by atoms with E-state index >= 15 is 0 Å². The third-order valence-electron chi connectivity index (χ3n) is 4.54. The van der Waals surface area contributed by atoms with Crippen LogP contribution in [0.5, 0.6) is 0 Å². The summed E-state index contributed by atoms with van der Waals surface area (Å²) in [5.74, 6) is -0.919. The van der Waals surface area contributed by atoms with Crippen LogP contribution in [0.3, 0.4) is 0 Å². The molecule has 0 radical (unpaired) electrons. The second kappa shape index (κ2) is 7.31. The van der Waals surface area contributed by atoms with Gasteiger partial charge in [0.2, 0.25) is 0 Å². The molecule has 0 spiro atoms. The molecule has 0 saturated heterocycles. The largest absolute Gasteiger partial charge is 0.351 e. The topological polar surface area (TPSA) is 29.1 Å². The zero-order valence-electron chi connectivity index (χ0n) is 14.1. The molecule has 0 aliphatic rings. The number of hydrogen-bond acceptors (Lipinski definition) is 1. The Kier molecular flexibility index (Phi) is 4.94. The maximum absolute atomic E-state index is 13.8. The zero-order valence-corrected chi connectivity index (χ0v) is 14.1. The van der Waals surface area contributed by atoms with Crippen LogP contribution in [-0.2, 0) is 5.41 Å². The van der Waals surface area contributed by atoms with Gasteiger partial charge in [-0.15, -0.1) is 0 Å². The first-order chi connectivity index (χ1) is 12.1. The fourth-order valence-corrected chi connectivity index (χ4v) is 2.98. The first kappa shape index (κ1) is 16.9. The molecule has 3 rings (SSSR count). The van der Waals surface area contributed by atoms with Crippen molar-refractivity contribution in [1.82, 2.24) is 5.32 Å². The standard InChI is InChI=1S/C22H20FNO/c1-22(17-10-4-2-5-11-17,18-12-6-3-7-13-18)16-24-21(25)19-14-8-9-15-20(19)23/h2-15H,16H2,1H3,(H,24,25). The van der Waals surface area contributed by atoms with Gasteiger partial charge in [-0.2, -0.15) is 0 Å². The number of amides is 1. The van der Waals surface area contributed by atoms with Crippen LogP contribution in [-0.4, -0.2) is 12.5 Å². The van der Waals surface area contributed by atoms with Crippen LogP contribution in [0.1, 0.15) is 28.4 Å². The van der Waals surface area contributed by atoms with Gasteiger partial charge in [-0.25, -0.2) is 4.39 Å². The summed E-state index contributed by atoms with van der Waals surface area (Å²) < 4.78 is 13.8. The summed E-state index contributed by atoms with van der Waals surface area (Å²) in [6.45, 7) is 2.45. The third kappa shape index (κ3) is 3.61. The highest BCUT2D eigenvalue weighted by Gasteiger charge is 2.29. The predicted octanol–water partition coefficient (Wildman–Crippen LogP) is 4.56. The highest BCUT2D eigenvalue weighted by atomic mass is 19.1. The molecule has 126 valence electrons. The van der Waals surface area contributed by atoms with Gasteiger partial charge in [0.05, 0.1) is 5.56 Å². The van der Waals surface area contributed by atoms with E-state index in [4.69, 9.17) is 0 Å². The number of halogens is 1. The van der Waals surface area contributed by atoms with E-state index in [-0.39, 0.29) is 5.56 Å². The summed E-state index contributed by atoms with van der Waals surface area (Å²) in [6, 6.07) is 26.1. The molecule has 0 unspecified atom stereocenters. The average molecular weight is 333 g/mol. The lowest BCUT2D eigenvalue weighted by atomic mass is 9.76. The number of nitrogens with one attached hydrogen (secondary N) is 1. The van der Waals surface area contributed by atoms with Crippen LogP contribution in [0, 0.1) is 5.82 Å². The Morgan fingerprint density at radius 2 is 1.32 bits per heavy atom. The number of carbonyl (C=O) groups excluding carboxylic acids is 1. The van der Waals surface area contributed by atoms with Crippen molar-refractivity contribution in [2.24, 2.45) is 0 Å². The molecule has 3 aromatic carbocycles.